The summed E-state index contributed by atoms with van der Waals surface area (Å²) in [5.74, 6) is 1.38. The Hall–Kier alpha value is -3.73. The summed E-state index contributed by atoms with van der Waals surface area (Å²) in [4.78, 5) is 34.6. The molecule has 5 nitrogen and oxygen atoms in total. The number of hydrogen-bond donors (Lipinski definition) is 0. The highest BCUT2D eigenvalue weighted by molar-refractivity contribution is 5.79. The number of carbonyl (C=O) groups excluding carboxylic acids is 1. The summed E-state index contributed by atoms with van der Waals surface area (Å²) in [5, 5.41) is 0.577. The molecule has 4 aromatic rings. The van der Waals surface area contributed by atoms with E-state index >= 15 is 0 Å². The molecule has 0 radical (unpaired) electrons. The molecule has 1 aliphatic carbocycles. The van der Waals surface area contributed by atoms with Crippen LogP contribution in [-0.4, -0.2) is 26.9 Å². The SMILES string of the molecule is Cc1cccc(-n2c(C(C)N(CCc3ccccc3)C(=O)CCC3CCCC3)nc3ccccc3c2=O)c1. The van der Waals surface area contributed by atoms with Crippen LogP contribution in [0.15, 0.2) is 83.7 Å². The van der Waals surface area contributed by atoms with Gasteiger partial charge in [0.15, 0.2) is 0 Å². The van der Waals surface area contributed by atoms with Gasteiger partial charge in [-0.05, 0) is 68.0 Å². The monoisotopic (exact) mass is 507 g/mol. The molecule has 0 spiro atoms. The third-order valence-corrected chi connectivity index (χ3v) is 7.95. The van der Waals surface area contributed by atoms with Crippen LogP contribution in [0, 0.1) is 12.8 Å². The summed E-state index contributed by atoms with van der Waals surface area (Å²) >= 11 is 0. The fourth-order valence-corrected chi connectivity index (χ4v) is 5.78. The first-order valence-electron chi connectivity index (χ1n) is 13.9. The molecule has 1 aromatic heterocycles. The van der Waals surface area contributed by atoms with Gasteiger partial charge in [-0.15, -0.1) is 0 Å². The second-order valence-corrected chi connectivity index (χ2v) is 10.7. The number of nitrogens with zero attached hydrogens (tertiary/aromatic N) is 3. The Morgan fingerprint density at radius 3 is 2.50 bits per heavy atom. The van der Waals surface area contributed by atoms with Gasteiger partial charge in [0.2, 0.25) is 5.91 Å². The zero-order valence-electron chi connectivity index (χ0n) is 22.5. The Labute approximate surface area is 225 Å². The number of amides is 1. The standard InChI is InChI=1S/C33H37N3O2/c1-24-11-10-16-28(23-24)36-32(34-30-18-9-8-17-29(30)33(36)38)25(2)35(22-21-27-12-4-3-5-13-27)31(37)20-19-26-14-6-7-15-26/h3-5,8-13,16-18,23,25-26H,6-7,14-15,19-22H2,1-2H3. The van der Waals surface area contributed by atoms with E-state index in [9.17, 15) is 9.59 Å². The van der Waals surface area contributed by atoms with Crippen molar-refractivity contribution in [2.24, 2.45) is 5.92 Å². The second-order valence-electron chi connectivity index (χ2n) is 10.7. The molecule has 0 saturated heterocycles. The fraction of sp³-hybridized carbons (Fsp3) is 0.364. The lowest BCUT2D eigenvalue weighted by Gasteiger charge is -2.31. The topological polar surface area (TPSA) is 55.2 Å². The summed E-state index contributed by atoms with van der Waals surface area (Å²) in [6, 6.07) is 25.3. The number of benzene rings is 3. The molecule has 1 saturated carbocycles. The van der Waals surface area contributed by atoms with Crippen molar-refractivity contribution in [1.82, 2.24) is 14.5 Å². The van der Waals surface area contributed by atoms with Gasteiger partial charge >= 0.3 is 0 Å². The third-order valence-electron chi connectivity index (χ3n) is 7.95. The minimum atomic E-state index is -0.368. The average Bonchev–Trinajstić information content (AvgIpc) is 3.46. The molecular formula is C33H37N3O2. The fourth-order valence-electron chi connectivity index (χ4n) is 5.78. The lowest BCUT2D eigenvalue weighted by molar-refractivity contribution is -0.133. The van der Waals surface area contributed by atoms with E-state index in [1.807, 2.05) is 85.5 Å². The first kappa shape index (κ1) is 25.9. The van der Waals surface area contributed by atoms with Crippen LogP contribution in [0.2, 0.25) is 0 Å². The van der Waals surface area contributed by atoms with Crippen molar-refractivity contribution < 1.29 is 4.79 Å². The first-order chi connectivity index (χ1) is 18.5. The maximum absolute atomic E-state index is 13.9. The van der Waals surface area contributed by atoms with Gasteiger partial charge in [0.05, 0.1) is 22.6 Å². The van der Waals surface area contributed by atoms with Gasteiger partial charge < -0.3 is 4.90 Å². The first-order valence-corrected chi connectivity index (χ1v) is 13.9. The van der Waals surface area contributed by atoms with Crippen LogP contribution in [0.3, 0.4) is 0 Å². The van der Waals surface area contributed by atoms with Gasteiger partial charge in [-0.3, -0.25) is 14.2 Å². The molecule has 1 aliphatic rings. The van der Waals surface area contributed by atoms with Crippen LogP contribution in [0.5, 0.6) is 0 Å². The van der Waals surface area contributed by atoms with Crippen molar-refractivity contribution in [3.8, 4) is 5.69 Å². The van der Waals surface area contributed by atoms with E-state index in [0.29, 0.717) is 35.6 Å². The van der Waals surface area contributed by atoms with E-state index in [0.717, 1.165) is 24.1 Å². The van der Waals surface area contributed by atoms with Crippen molar-refractivity contribution in [2.45, 2.75) is 64.8 Å². The maximum Gasteiger partial charge on any atom is 0.266 e. The molecule has 0 aliphatic heterocycles. The van der Waals surface area contributed by atoms with Crippen molar-refractivity contribution in [1.29, 1.82) is 0 Å². The lowest BCUT2D eigenvalue weighted by Crippen LogP contribution is -2.38. The van der Waals surface area contributed by atoms with Crippen molar-refractivity contribution in [3.63, 3.8) is 0 Å². The minimum absolute atomic E-state index is 0.107. The second kappa shape index (κ2) is 11.8. The predicted octanol–water partition coefficient (Wildman–Crippen LogP) is 6.80. The molecule has 38 heavy (non-hydrogen) atoms. The molecule has 1 heterocycles. The number of fused-ring (bicyclic) bond motifs is 1. The summed E-state index contributed by atoms with van der Waals surface area (Å²) in [6.45, 7) is 4.61. The Kier molecular flexibility index (Phi) is 8.02. The molecule has 3 aromatic carbocycles. The highest BCUT2D eigenvalue weighted by Gasteiger charge is 2.27. The van der Waals surface area contributed by atoms with Crippen LogP contribution in [0.1, 0.15) is 68.4 Å². The average molecular weight is 508 g/mol. The highest BCUT2D eigenvalue weighted by atomic mass is 16.2. The number of rotatable bonds is 9. The zero-order chi connectivity index (χ0) is 26.5. The molecule has 5 rings (SSSR count). The van der Waals surface area contributed by atoms with E-state index < -0.39 is 0 Å². The highest BCUT2D eigenvalue weighted by Crippen LogP contribution is 2.30. The number of aryl methyl sites for hydroxylation is 1. The van der Waals surface area contributed by atoms with Crippen LogP contribution >= 0.6 is 0 Å². The quantitative estimate of drug-likeness (QED) is 0.250. The lowest BCUT2D eigenvalue weighted by atomic mass is 10.0. The van der Waals surface area contributed by atoms with Gasteiger partial charge in [-0.25, -0.2) is 4.98 Å². The normalized spacial score (nSPS) is 14.6. The summed E-state index contributed by atoms with van der Waals surface area (Å²) in [5.41, 5.74) is 3.58. The number of carbonyl (C=O) groups is 1. The van der Waals surface area contributed by atoms with E-state index in [-0.39, 0.29) is 17.5 Å². The van der Waals surface area contributed by atoms with Crippen molar-refractivity contribution in [3.05, 3.63) is 106 Å². The Morgan fingerprint density at radius 2 is 1.74 bits per heavy atom. The van der Waals surface area contributed by atoms with Crippen LogP contribution in [0.25, 0.3) is 16.6 Å². The van der Waals surface area contributed by atoms with Gasteiger partial charge in [-0.1, -0.05) is 80.3 Å². The Morgan fingerprint density at radius 1 is 1.00 bits per heavy atom. The minimum Gasteiger partial charge on any atom is -0.332 e. The van der Waals surface area contributed by atoms with Gasteiger partial charge in [0.1, 0.15) is 5.82 Å². The van der Waals surface area contributed by atoms with E-state index in [1.165, 1.54) is 31.2 Å². The molecule has 5 heteroatoms. The van der Waals surface area contributed by atoms with E-state index in [1.54, 1.807) is 4.57 Å². The maximum atomic E-state index is 13.9. The molecule has 0 bridgehead atoms. The third kappa shape index (κ3) is 5.72. The van der Waals surface area contributed by atoms with Crippen molar-refractivity contribution in [2.75, 3.05) is 6.54 Å². The molecule has 1 amide bonds. The predicted molar refractivity (Wildman–Crippen MR) is 154 cm³/mol. The van der Waals surface area contributed by atoms with Crippen LogP contribution < -0.4 is 5.56 Å². The van der Waals surface area contributed by atoms with Gasteiger partial charge in [0, 0.05) is 13.0 Å². The molecule has 1 atom stereocenters. The Balaban J connectivity index is 1.55. The Bertz CT molecular complexity index is 1450. The van der Waals surface area contributed by atoms with Crippen molar-refractivity contribution >= 4 is 16.8 Å². The summed E-state index contributed by atoms with van der Waals surface area (Å²) < 4.78 is 1.71. The van der Waals surface area contributed by atoms with E-state index in [4.69, 9.17) is 4.98 Å². The zero-order valence-corrected chi connectivity index (χ0v) is 22.5. The molecular weight excluding hydrogens is 470 g/mol. The van der Waals surface area contributed by atoms with E-state index in [2.05, 4.69) is 12.1 Å². The summed E-state index contributed by atoms with van der Waals surface area (Å²) in [6.07, 6.45) is 7.23. The number of hydrogen-bond acceptors (Lipinski definition) is 3. The molecule has 1 fully saturated rings. The van der Waals surface area contributed by atoms with Gasteiger partial charge in [0.25, 0.3) is 5.56 Å². The number of para-hydroxylation sites is 1. The summed E-state index contributed by atoms with van der Waals surface area (Å²) in [7, 11) is 0. The van der Waals surface area contributed by atoms with Crippen LogP contribution in [-0.2, 0) is 11.2 Å². The van der Waals surface area contributed by atoms with Gasteiger partial charge in [-0.2, -0.15) is 0 Å². The smallest absolute Gasteiger partial charge is 0.266 e. The molecule has 0 N–H and O–H groups in total. The number of aromatic nitrogens is 2. The van der Waals surface area contributed by atoms with Crippen LogP contribution in [0.4, 0.5) is 0 Å². The molecule has 196 valence electrons. The molecule has 1 unspecified atom stereocenters. The largest absolute Gasteiger partial charge is 0.332 e.